The van der Waals surface area contributed by atoms with Crippen LogP contribution in [0.3, 0.4) is 0 Å². The highest BCUT2D eigenvalue weighted by Gasteiger charge is 2.10. The molecule has 0 unspecified atom stereocenters. The minimum atomic E-state index is -0.277. The molecule has 1 amide bonds. The van der Waals surface area contributed by atoms with Crippen LogP contribution in [0.1, 0.15) is 21.9 Å². The zero-order chi connectivity index (χ0) is 14.7. The van der Waals surface area contributed by atoms with E-state index >= 15 is 0 Å². The molecule has 0 spiro atoms. The maximum absolute atomic E-state index is 11.9. The fourth-order valence-electron chi connectivity index (χ4n) is 1.62. The predicted octanol–water partition coefficient (Wildman–Crippen LogP) is -0.0905. The summed E-state index contributed by atoms with van der Waals surface area (Å²) in [5.41, 5.74) is 1.89. The topological polar surface area (TPSA) is 88.8 Å². The fraction of sp³-hybridized carbons (Fsp3) is 0.417. The standard InChI is InChI=1S/C12H17N7O/c1-8-5-9(15-12(14-8)18(2)3)6-13-11(20)10-7-19(4)17-16-10/h5,7H,6H2,1-4H3,(H,13,20). The van der Waals surface area contributed by atoms with Gasteiger partial charge < -0.3 is 10.2 Å². The van der Waals surface area contributed by atoms with E-state index in [-0.39, 0.29) is 11.6 Å². The maximum atomic E-state index is 11.9. The molecule has 0 atom stereocenters. The minimum Gasteiger partial charge on any atom is -0.347 e. The SMILES string of the molecule is Cc1cc(CNC(=O)c2cn(C)nn2)nc(N(C)C)n1. The van der Waals surface area contributed by atoms with Crippen molar-refractivity contribution in [2.75, 3.05) is 19.0 Å². The fourth-order valence-corrected chi connectivity index (χ4v) is 1.62. The summed E-state index contributed by atoms with van der Waals surface area (Å²) < 4.78 is 1.48. The smallest absolute Gasteiger partial charge is 0.273 e. The van der Waals surface area contributed by atoms with Crippen LogP contribution in [0.5, 0.6) is 0 Å². The van der Waals surface area contributed by atoms with Gasteiger partial charge in [0.15, 0.2) is 5.69 Å². The number of carbonyl (C=O) groups excluding carboxylic acids is 1. The molecule has 0 aromatic carbocycles. The highest BCUT2D eigenvalue weighted by molar-refractivity contribution is 5.91. The second-order valence-electron chi connectivity index (χ2n) is 4.66. The van der Waals surface area contributed by atoms with Crippen molar-refractivity contribution in [3.05, 3.63) is 29.3 Å². The van der Waals surface area contributed by atoms with E-state index in [1.54, 1.807) is 13.2 Å². The molecule has 0 bridgehead atoms. The van der Waals surface area contributed by atoms with E-state index in [2.05, 4.69) is 25.6 Å². The molecule has 0 radical (unpaired) electrons. The Hall–Kier alpha value is -2.51. The molecule has 1 N–H and O–H groups in total. The first kappa shape index (κ1) is 13.9. The summed E-state index contributed by atoms with van der Waals surface area (Å²) in [5.74, 6) is 0.342. The average Bonchev–Trinajstić information content (AvgIpc) is 2.82. The van der Waals surface area contributed by atoms with Crippen molar-refractivity contribution in [3.63, 3.8) is 0 Å². The first-order valence-electron chi connectivity index (χ1n) is 6.12. The molecule has 2 heterocycles. The molecular formula is C12H17N7O. The number of aromatic nitrogens is 5. The van der Waals surface area contributed by atoms with Gasteiger partial charge in [0.25, 0.3) is 5.91 Å². The highest BCUT2D eigenvalue weighted by Crippen LogP contribution is 2.07. The van der Waals surface area contributed by atoms with Crippen molar-refractivity contribution in [2.24, 2.45) is 7.05 Å². The van der Waals surface area contributed by atoms with Crippen molar-refractivity contribution in [3.8, 4) is 0 Å². The van der Waals surface area contributed by atoms with Crippen LogP contribution < -0.4 is 10.2 Å². The van der Waals surface area contributed by atoms with Gasteiger partial charge in [0, 0.05) is 26.8 Å². The first-order valence-corrected chi connectivity index (χ1v) is 6.12. The van der Waals surface area contributed by atoms with Gasteiger partial charge in [-0.15, -0.1) is 5.10 Å². The Balaban J connectivity index is 2.05. The number of carbonyl (C=O) groups is 1. The second kappa shape index (κ2) is 5.64. The van der Waals surface area contributed by atoms with Crippen LogP contribution in [0.25, 0.3) is 0 Å². The monoisotopic (exact) mass is 275 g/mol. The predicted molar refractivity (Wildman–Crippen MR) is 73.3 cm³/mol. The molecule has 0 aliphatic rings. The zero-order valence-electron chi connectivity index (χ0n) is 12.0. The Morgan fingerprint density at radius 3 is 2.75 bits per heavy atom. The van der Waals surface area contributed by atoms with Gasteiger partial charge in [-0.05, 0) is 13.0 Å². The van der Waals surface area contributed by atoms with Gasteiger partial charge in [-0.2, -0.15) is 0 Å². The summed E-state index contributed by atoms with van der Waals surface area (Å²) in [6, 6.07) is 1.84. The average molecular weight is 275 g/mol. The molecule has 0 fully saturated rings. The van der Waals surface area contributed by atoms with Crippen LogP contribution in [0, 0.1) is 6.92 Å². The van der Waals surface area contributed by atoms with Gasteiger partial charge in [-0.3, -0.25) is 9.48 Å². The third-order valence-electron chi connectivity index (χ3n) is 2.56. The molecule has 0 aliphatic heterocycles. The minimum absolute atomic E-state index is 0.277. The lowest BCUT2D eigenvalue weighted by Crippen LogP contribution is -2.24. The van der Waals surface area contributed by atoms with Crippen LogP contribution >= 0.6 is 0 Å². The number of aryl methyl sites for hydroxylation is 2. The lowest BCUT2D eigenvalue weighted by Gasteiger charge is -2.12. The van der Waals surface area contributed by atoms with Crippen molar-refractivity contribution < 1.29 is 4.79 Å². The normalized spacial score (nSPS) is 10.4. The first-order chi connectivity index (χ1) is 9.45. The van der Waals surface area contributed by atoms with E-state index in [1.165, 1.54) is 4.68 Å². The van der Waals surface area contributed by atoms with Crippen LogP contribution in [0.4, 0.5) is 5.95 Å². The molecule has 0 saturated carbocycles. The van der Waals surface area contributed by atoms with E-state index in [9.17, 15) is 4.79 Å². The summed E-state index contributed by atoms with van der Waals surface area (Å²) in [5, 5.41) is 10.2. The summed E-state index contributed by atoms with van der Waals surface area (Å²) in [4.78, 5) is 22.3. The van der Waals surface area contributed by atoms with Gasteiger partial charge in [0.2, 0.25) is 5.95 Å². The van der Waals surface area contributed by atoms with Crippen LogP contribution in [0.15, 0.2) is 12.3 Å². The summed E-state index contributed by atoms with van der Waals surface area (Å²) in [7, 11) is 5.45. The van der Waals surface area contributed by atoms with E-state index in [1.807, 2.05) is 32.0 Å². The van der Waals surface area contributed by atoms with Gasteiger partial charge in [0.05, 0.1) is 18.4 Å². The molecule has 106 valence electrons. The van der Waals surface area contributed by atoms with Crippen molar-refractivity contribution in [1.82, 2.24) is 30.3 Å². The van der Waals surface area contributed by atoms with E-state index < -0.39 is 0 Å². The lowest BCUT2D eigenvalue weighted by atomic mass is 10.3. The number of rotatable bonds is 4. The molecule has 0 saturated heterocycles. The number of amides is 1. The van der Waals surface area contributed by atoms with Crippen molar-refractivity contribution in [1.29, 1.82) is 0 Å². The number of hydrogen-bond acceptors (Lipinski definition) is 6. The van der Waals surface area contributed by atoms with Crippen LogP contribution in [-0.4, -0.2) is 45.0 Å². The number of hydrogen-bond donors (Lipinski definition) is 1. The Labute approximate surface area is 116 Å². The summed E-state index contributed by atoms with van der Waals surface area (Å²) in [6.07, 6.45) is 1.56. The third kappa shape index (κ3) is 3.28. The molecule has 2 rings (SSSR count). The number of nitrogens with one attached hydrogen (secondary N) is 1. The van der Waals surface area contributed by atoms with Crippen molar-refractivity contribution in [2.45, 2.75) is 13.5 Å². The maximum Gasteiger partial charge on any atom is 0.273 e. The molecule has 0 aliphatic carbocycles. The molecular weight excluding hydrogens is 258 g/mol. The van der Waals surface area contributed by atoms with Gasteiger partial charge >= 0.3 is 0 Å². The Morgan fingerprint density at radius 1 is 1.40 bits per heavy atom. The Kier molecular flexibility index (Phi) is 3.92. The highest BCUT2D eigenvalue weighted by atomic mass is 16.2. The van der Waals surface area contributed by atoms with E-state index in [4.69, 9.17) is 0 Å². The molecule has 8 heteroatoms. The molecule has 2 aromatic heterocycles. The molecule has 2 aromatic rings. The largest absolute Gasteiger partial charge is 0.347 e. The van der Waals surface area contributed by atoms with Crippen LogP contribution in [-0.2, 0) is 13.6 Å². The van der Waals surface area contributed by atoms with Gasteiger partial charge in [0.1, 0.15) is 0 Å². The molecule has 8 nitrogen and oxygen atoms in total. The third-order valence-corrected chi connectivity index (χ3v) is 2.56. The summed E-state index contributed by atoms with van der Waals surface area (Å²) >= 11 is 0. The Morgan fingerprint density at radius 2 is 2.15 bits per heavy atom. The van der Waals surface area contributed by atoms with Gasteiger partial charge in [-0.1, -0.05) is 5.21 Å². The van der Waals surface area contributed by atoms with E-state index in [0.29, 0.717) is 12.5 Å². The number of anilines is 1. The lowest BCUT2D eigenvalue weighted by molar-refractivity contribution is 0.0945. The zero-order valence-corrected chi connectivity index (χ0v) is 12.0. The quantitative estimate of drug-likeness (QED) is 0.839. The van der Waals surface area contributed by atoms with Gasteiger partial charge in [-0.25, -0.2) is 9.97 Å². The van der Waals surface area contributed by atoms with E-state index in [0.717, 1.165) is 11.4 Å². The summed E-state index contributed by atoms with van der Waals surface area (Å²) in [6.45, 7) is 2.21. The number of nitrogens with zero attached hydrogens (tertiary/aromatic N) is 6. The Bertz CT molecular complexity index is 620. The van der Waals surface area contributed by atoms with Crippen LogP contribution in [0.2, 0.25) is 0 Å². The van der Waals surface area contributed by atoms with Crippen molar-refractivity contribution >= 4 is 11.9 Å². The molecule has 20 heavy (non-hydrogen) atoms. The second-order valence-corrected chi connectivity index (χ2v) is 4.66.